The minimum absolute atomic E-state index is 0.00872. The molecule has 12 heteroatoms. The molecule has 1 aliphatic carbocycles. The van der Waals surface area contributed by atoms with Crippen LogP contribution in [-0.2, 0) is 33.4 Å². The number of carbonyl (C=O) groups is 5. The van der Waals surface area contributed by atoms with Crippen LogP contribution in [0.1, 0.15) is 54.4 Å². The molecule has 5 N–H and O–H groups in total. The lowest BCUT2D eigenvalue weighted by Gasteiger charge is -2.30. The van der Waals surface area contributed by atoms with E-state index < -0.39 is 53.9 Å². The van der Waals surface area contributed by atoms with E-state index in [9.17, 15) is 29.1 Å². The van der Waals surface area contributed by atoms with Crippen LogP contribution in [0, 0.1) is 11.8 Å². The van der Waals surface area contributed by atoms with Gasteiger partial charge in [-0.15, -0.1) is 0 Å². The molecule has 2 rings (SSSR count). The molecule has 244 valence electrons. The van der Waals surface area contributed by atoms with Crippen LogP contribution < -0.4 is 16.4 Å². The van der Waals surface area contributed by atoms with Gasteiger partial charge in [0.2, 0.25) is 11.6 Å². The summed E-state index contributed by atoms with van der Waals surface area (Å²) in [5, 5.41) is 16.4. The van der Waals surface area contributed by atoms with Gasteiger partial charge in [-0.05, 0) is 38.2 Å². The van der Waals surface area contributed by atoms with Crippen LogP contribution in [0.5, 0.6) is 0 Å². The topological polar surface area (TPSA) is 183 Å². The molecule has 6 unspecified atom stereocenters. The minimum Gasteiger partial charge on any atom is -0.439 e. The second kappa shape index (κ2) is 18.7. The first-order valence-corrected chi connectivity index (χ1v) is 14.6. The van der Waals surface area contributed by atoms with Crippen LogP contribution in [0.3, 0.4) is 0 Å². The summed E-state index contributed by atoms with van der Waals surface area (Å²) < 4.78 is 16.5. The highest BCUT2D eigenvalue weighted by atomic mass is 16.6. The predicted octanol–water partition coefficient (Wildman–Crippen LogP) is 2.58. The fraction of sp³-hybridized carbons (Fsp3) is 0.531. The maximum Gasteiger partial charge on any atom is 0.405 e. The molecule has 2 bridgehead atoms. The van der Waals surface area contributed by atoms with E-state index in [1.54, 1.807) is 26.0 Å². The van der Waals surface area contributed by atoms with Crippen LogP contribution in [0.4, 0.5) is 4.79 Å². The summed E-state index contributed by atoms with van der Waals surface area (Å²) in [6, 6.07) is 0. The average Bonchev–Trinajstić information content (AvgIpc) is 2.99. The van der Waals surface area contributed by atoms with Crippen molar-refractivity contribution in [2.75, 3.05) is 20.8 Å². The van der Waals surface area contributed by atoms with Crippen molar-refractivity contribution in [2.24, 2.45) is 17.6 Å². The molecule has 44 heavy (non-hydrogen) atoms. The number of aldehydes is 1. The second-order valence-electron chi connectivity index (χ2n) is 10.5. The van der Waals surface area contributed by atoms with E-state index in [-0.39, 0.29) is 41.4 Å². The number of allylic oxidation sites excluding steroid dienone is 4. The van der Waals surface area contributed by atoms with E-state index in [0.717, 1.165) is 6.08 Å². The Labute approximate surface area is 259 Å². The minimum atomic E-state index is -1.01. The fourth-order valence-electron chi connectivity index (χ4n) is 4.92. The summed E-state index contributed by atoms with van der Waals surface area (Å²) in [4.78, 5) is 62.1. The van der Waals surface area contributed by atoms with Crippen LogP contribution >= 0.6 is 0 Å². The van der Waals surface area contributed by atoms with Gasteiger partial charge in [0, 0.05) is 37.4 Å². The molecule has 0 spiro atoms. The normalized spacial score (nSPS) is 30.3. The van der Waals surface area contributed by atoms with Crippen molar-refractivity contribution in [1.82, 2.24) is 10.6 Å². The van der Waals surface area contributed by atoms with Crippen molar-refractivity contribution in [2.45, 2.75) is 78.8 Å². The van der Waals surface area contributed by atoms with E-state index in [0.29, 0.717) is 18.3 Å². The molecule has 0 radical (unpaired) electrons. The zero-order valence-electron chi connectivity index (χ0n) is 26.8. The van der Waals surface area contributed by atoms with Gasteiger partial charge in [0.1, 0.15) is 12.4 Å². The van der Waals surface area contributed by atoms with Gasteiger partial charge in [0.15, 0.2) is 6.10 Å². The standard InChI is InChI=1S/C30H41N3O9.C2H6/c1-16-12-20-25(32-10-11-34)22(35)15-21(27(20)37)33-29(38)17(2)8-7-9-23(40-5)28(42-30(31)39)19(4)14-18(3)26(36)24(13-16)41-6;1-2/h7-9,11,14-16,18,23-24,26,28,32,36H,10,12-13H2,1-6H3,(H2,31,39)(H,33,38);1-2H3/b9-7-,17-8+,19-14+;. The van der Waals surface area contributed by atoms with Gasteiger partial charge in [-0.25, -0.2) is 4.79 Å². The predicted molar refractivity (Wildman–Crippen MR) is 165 cm³/mol. The Bertz CT molecular complexity index is 1220. The largest absolute Gasteiger partial charge is 0.439 e. The molecule has 1 aliphatic heterocycles. The van der Waals surface area contributed by atoms with E-state index in [2.05, 4.69) is 10.6 Å². The number of fused-ring (bicyclic) bond motifs is 2. The molecule has 1 heterocycles. The number of primary amides is 1. The van der Waals surface area contributed by atoms with Crippen molar-refractivity contribution < 1.29 is 43.3 Å². The van der Waals surface area contributed by atoms with Gasteiger partial charge >= 0.3 is 6.09 Å². The second-order valence-corrected chi connectivity index (χ2v) is 10.5. The Morgan fingerprint density at radius 3 is 2.39 bits per heavy atom. The van der Waals surface area contributed by atoms with Crippen LogP contribution in [0.2, 0.25) is 0 Å². The Kier molecular flexibility index (Phi) is 16.2. The SMILES string of the molecule is CC.COC1/C=C\C=C(/C)C(=O)NC2=CC(=O)C(NCC=O)=C(CC(C)CC(OC)C(O)C(C)/C=C(\C)C1OC(N)=O)C2=O. The number of hydrogen-bond acceptors (Lipinski definition) is 10. The lowest BCUT2D eigenvalue weighted by Crippen LogP contribution is -2.38. The summed E-state index contributed by atoms with van der Waals surface area (Å²) in [6.07, 6.45) is 3.90. The lowest BCUT2D eigenvalue weighted by molar-refractivity contribution is -0.120. The molecule has 0 saturated carbocycles. The maximum atomic E-state index is 13.5. The van der Waals surface area contributed by atoms with Crippen molar-refractivity contribution in [3.63, 3.8) is 0 Å². The van der Waals surface area contributed by atoms with E-state index in [1.165, 1.54) is 33.3 Å². The summed E-state index contributed by atoms with van der Waals surface area (Å²) >= 11 is 0. The fourth-order valence-corrected chi connectivity index (χ4v) is 4.92. The molecular weight excluding hydrogens is 570 g/mol. The molecular formula is C32H47N3O9. The van der Waals surface area contributed by atoms with Gasteiger partial charge in [0.05, 0.1) is 30.1 Å². The van der Waals surface area contributed by atoms with Crippen molar-refractivity contribution >= 4 is 29.9 Å². The number of methoxy groups -OCH3 is 2. The highest BCUT2D eigenvalue weighted by Gasteiger charge is 2.33. The number of nitrogens with two attached hydrogens (primary N) is 1. The number of ether oxygens (including phenoxy) is 3. The molecule has 0 saturated heterocycles. The number of rotatable bonds is 6. The third kappa shape index (κ3) is 10.7. The van der Waals surface area contributed by atoms with E-state index in [4.69, 9.17) is 19.9 Å². The van der Waals surface area contributed by atoms with Crippen LogP contribution in [-0.4, -0.2) is 80.1 Å². The first kappa shape index (κ1) is 38.2. The molecule has 0 fully saturated rings. The molecule has 0 aromatic heterocycles. The van der Waals surface area contributed by atoms with Gasteiger partial charge in [-0.1, -0.05) is 52.0 Å². The number of nitrogens with one attached hydrogen (secondary N) is 2. The molecule has 12 nitrogen and oxygen atoms in total. The number of hydrogen-bond donors (Lipinski definition) is 4. The summed E-state index contributed by atoms with van der Waals surface area (Å²) in [5.74, 6) is -2.47. The summed E-state index contributed by atoms with van der Waals surface area (Å²) in [5.41, 5.74) is 6.02. The molecule has 2 aliphatic rings. The lowest BCUT2D eigenvalue weighted by atomic mass is 9.85. The number of ketones is 2. The highest BCUT2D eigenvalue weighted by Crippen LogP contribution is 2.28. The number of carbonyl (C=O) groups excluding carboxylic acids is 5. The zero-order chi connectivity index (χ0) is 33.6. The number of amides is 2. The molecule has 0 aromatic rings. The van der Waals surface area contributed by atoms with Gasteiger partial charge in [0.25, 0.3) is 5.91 Å². The first-order valence-electron chi connectivity index (χ1n) is 14.6. The number of Topliss-reactive ketones (excluding diaryl/α,β-unsaturated/α-hetero) is 1. The van der Waals surface area contributed by atoms with Crippen LogP contribution in [0.15, 0.2) is 58.5 Å². The molecule has 0 aromatic carbocycles. The van der Waals surface area contributed by atoms with Crippen molar-refractivity contribution in [1.29, 1.82) is 0 Å². The van der Waals surface area contributed by atoms with Crippen molar-refractivity contribution in [3.8, 4) is 0 Å². The maximum absolute atomic E-state index is 13.5. The third-order valence-electron chi connectivity index (χ3n) is 7.16. The monoisotopic (exact) mass is 617 g/mol. The molecule has 6 atom stereocenters. The van der Waals surface area contributed by atoms with Gasteiger partial charge in [-0.2, -0.15) is 0 Å². The average molecular weight is 618 g/mol. The number of aliphatic hydroxyl groups is 1. The quantitative estimate of drug-likeness (QED) is 0.196. The summed E-state index contributed by atoms with van der Waals surface area (Å²) in [6.45, 7) is 10.7. The zero-order valence-corrected chi connectivity index (χ0v) is 26.8. The van der Waals surface area contributed by atoms with Crippen molar-refractivity contribution in [3.05, 3.63) is 58.5 Å². The van der Waals surface area contributed by atoms with Gasteiger partial charge < -0.3 is 40.5 Å². The Balaban J connectivity index is 0.00000474. The van der Waals surface area contributed by atoms with E-state index >= 15 is 0 Å². The Morgan fingerprint density at radius 1 is 1.16 bits per heavy atom. The van der Waals surface area contributed by atoms with E-state index in [1.807, 2.05) is 20.8 Å². The Hall–Kier alpha value is -3.87. The summed E-state index contributed by atoms with van der Waals surface area (Å²) in [7, 11) is 2.88. The molecule has 2 amide bonds. The third-order valence-corrected chi connectivity index (χ3v) is 7.16. The highest BCUT2D eigenvalue weighted by molar-refractivity contribution is 6.23. The van der Waals surface area contributed by atoms with Crippen LogP contribution in [0.25, 0.3) is 0 Å². The smallest absolute Gasteiger partial charge is 0.405 e. The Morgan fingerprint density at radius 2 is 1.82 bits per heavy atom. The van der Waals surface area contributed by atoms with Gasteiger partial charge in [-0.3, -0.25) is 14.4 Å². The first-order chi connectivity index (χ1) is 20.8. The number of aliphatic hydroxyl groups excluding tert-OH is 1.